The first-order valence-electron chi connectivity index (χ1n) is 8.31. The van der Waals surface area contributed by atoms with E-state index >= 15 is 0 Å². The lowest BCUT2D eigenvalue weighted by Gasteiger charge is -2.25. The molecule has 1 aliphatic heterocycles. The highest BCUT2D eigenvalue weighted by Gasteiger charge is 2.41. The summed E-state index contributed by atoms with van der Waals surface area (Å²) in [6.07, 6.45) is 0.884. The van der Waals surface area contributed by atoms with Crippen LogP contribution in [0.3, 0.4) is 0 Å². The van der Waals surface area contributed by atoms with Gasteiger partial charge in [-0.25, -0.2) is 4.98 Å². The number of aromatic amines is 1. The van der Waals surface area contributed by atoms with Crippen LogP contribution in [-0.2, 0) is 4.79 Å². The molecule has 2 N–H and O–H groups in total. The van der Waals surface area contributed by atoms with Crippen LogP contribution in [0.25, 0.3) is 11.0 Å². The van der Waals surface area contributed by atoms with Gasteiger partial charge in [-0.05, 0) is 70.8 Å². The number of benzene rings is 1. The van der Waals surface area contributed by atoms with Crippen molar-refractivity contribution in [3.63, 3.8) is 0 Å². The quantitative estimate of drug-likeness (QED) is 0.914. The van der Waals surface area contributed by atoms with Gasteiger partial charge in [0.1, 0.15) is 0 Å². The number of anilines is 1. The lowest BCUT2D eigenvalue weighted by molar-refractivity contribution is -0.124. The number of nitrogens with zero attached hydrogens (tertiary/aromatic N) is 2. The summed E-state index contributed by atoms with van der Waals surface area (Å²) < 4.78 is 0. The fraction of sp³-hybridized carbons (Fsp3) is 0.556. The molecule has 1 aliphatic rings. The Balaban J connectivity index is 1.78. The maximum absolute atomic E-state index is 12.7. The number of rotatable bonds is 3. The van der Waals surface area contributed by atoms with Gasteiger partial charge < -0.3 is 4.98 Å². The highest BCUT2D eigenvalue weighted by molar-refractivity contribution is 5.95. The molecule has 5 nitrogen and oxygen atoms in total. The third kappa shape index (κ3) is 2.98. The molecule has 0 aliphatic carbocycles. The number of hydrogen-bond acceptors (Lipinski definition) is 3. The lowest BCUT2D eigenvalue weighted by Crippen LogP contribution is -2.38. The van der Waals surface area contributed by atoms with Crippen LogP contribution < -0.4 is 5.32 Å². The van der Waals surface area contributed by atoms with Crippen LogP contribution in [0, 0.1) is 19.3 Å². The fourth-order valence-electron chi connectivity index (χ4n) is 3.21. The Labute approximate surface area is 137 Å². The molecule has 0 spiro atoms. The molecule has 0 saturated carbocycles. The predicted molar refractivity (Wildman–Crippen MR) is 93.6 cm³/mol. The normalized spacial score (nSPS) is 22.2. The van der Waals surface area contributed by atoms with E-state index in [0.717, 1.165) is 30.5 Å². The minimum Gasteiger partial charge on any atom is -0.324 e. The third-order valence-electron chi connectivity index (χ3n) is 5.11. The summed E-state index contributed by atoms with van der Waals surface area (Å²) in [6, 6.07) is 4.60. The lowest BCUT2D eigenvalue weighted by atomic mass is 9.89. The zero-order valence-corrected chi connectivity index (χ0v) is 14.7. The van der Waals surface area contributed by atoms with Crippen LogP contribution in [0.4, 0.5) is 5.95 Å². The molecule has 1 aromatic heterocycles. The first-order chi connectivity index (χ1) is 10.8. The van der Waals surface area contributed by atoms with Gasteiger partial charge in [-0.3, -0.25) is 15.0 Å². The first kappa shape index (κ1) is 16.0. The molecule has 23 heavy (non-hydrogen) atoms. The van der Waals surface area contributed by atoms with E-state index in [9.17, 15) is 4.79 Å². The van der Waals surface area contributed by atoms with Gasteiger partial charge in [-0.15, -0.1) is 0 Å². The van der Waals surface area contributed by atoms with Gasteiger partial charge in [0.15, 0.2) is 0 Å². The van der Waals surface area contributed by atoms with Gasteiger partial charge in [0.2, 0.25) is 11.9 Å². The minimum atomic E-state index is -0.352. The highest BCUT2D eigenvalue weighted by Crippen LogP contribution is 2.32. The van der Waals surface area contributed by atoms with E-state index in [0.29, 0.717) is 12.0 Å². The molecule has 5 heteroatoms. The molecule has 1 saturated heterocycles. The van der Waals surface area contributed by atoms with Crippen molar-refractivity contribution in [2.75, 3.05) is 18.4 Å². The van der Waals surface area contributed by atoms with Gasteiger partial charge in [0.25, 0.3) is 0 Å². The second kappa shape index (κ2) is 5.64. The zero-order chi connectivity index (χ0) is 16.8. The van der Waals surface area contributed by atoms with E-state index in [-0.39, 0.29) is 11.3 Å². The monoisotopic (exact) mass is 314 g/mol. The Morgan fingerprint density at radius 1 is 1.35 bits per heavy atom. The Morgan fingerprint density at radius 2 is 2.04 bits per heavy atom. The SMILES string of the molecule is Cc1cc2nc(NC(=O)C3(C)CCN(C(C)C)C3)[nH]c2cc1C. The molecule has 2 aromatic rings. The molecule has 0 radical (unpaired) electrons. The number of aromatic nitrogens is 2. The molecule has 1 unspecified atom stereocenters. The summed E-state index contributed by atoms with van der Waals surface area (Å²) in [4.78, 5) is 22.8. The summed E-state index contributed by atoms with van der Waals surface area (Å²) in [5.74, 6) is 0.590. The largest absolute Gasteiger partial charge is 0.324 e. The summed E-state index contributed by atoms with van der Waals surface area (Å²) in [6.45, 7) is 12.3. The van der Waals surface area contributed by atoms with Crippen molar-refractivity contribution in [2.24, 2.45) is 5.41 Å². The summed E-state index contributed by atoms with van der Waals surface area (Å²) in [5.41, 5.74) is 3.92. The van der Waals surface area contributed by atoms with Crippen LogP contribution in [0.2, 0.25) is 0 Å². The average molecular weight is 314 g/mol. The van der Waals surface area contributed by atoms with Crippen LogP contribution in [0.1, 0.15) is 38.3 Å². The van der Waals surface area contributed by atoms with Crippen LogP contribution >= 0.6 is 0 Å². The molecule has 1 fully saturated rings. The van der Waals surface area contributed by atoms with E-state index in [2.05, 4.69) is 60.0 Å². The molecule has 1 aromatic carbocycles. The zero-order valence-electron chi connectivity index (χ0n) is 14.7. The van der Waals surface area contributed by atoms with Gasteiger partial charge >= 0.3 is 0 Å². The van der Waals surface area contributed by atoms with Gasteiger partial charge in [-0.2, -0.15) is 0 Å². The molecule has 3 rings (SSSR count). The summed E-state index contributed by atoms with van der Waals surface area (Å²) in [5, 5.41) is 2.98. The predicted octanol–water partition coefficient (Wildman–Crippen LogP) is 3.24. The number of carbonyl (C=O) groups is 1. The van der Waals surface area contributed by atoms with Crippen molar-refractivity contribution in [3.8, 4) is 0 Å². The van der Waals surface area contributed by atoms with Crippen LogP contribution in [0.15, 0.2) is 12.1 Å². The maximum Gasteiger partial charge on any atom is 0.233 e. The maximum atomic E-state index is 12.7. The number of H-pyrrole nitrogens is 1. The number of fused-ring (bicyclic) bond motifs is 1. The van der Waals surface area contributed by atoms with Crippen LogP contribution in [-0.4, -0.2) is 39.9 Å². The van der Waals surface area contributed by atoms with Gasteiger partial charge in [-0.1, -0.05) is 0 Å². The Hall–Kier alpha value is -1.88. The smallest absolute Gasteiger partial charge is 0.233 e. The number of imidazole rings is 1. The molecular weight excluding hydrogens is 288 g/mol. The molecule has 1 atom stereocenters. The second-order valence-electron chi connectivity index (χ2n) is 7.37. The van der Waals surface area contributed by atoms with Crippen molar-refractivity contribution in [2.45, 2.75) is 47.1 Å². The average Bonchev–Trinajstić information content (AvgIpc) is 3.04. The Bertz CT molecular complexity index is 710. The van der Waals surface area contributed by atoms with Gasteiger partial charge in [0.05, 0.1) is 16.4 Å². The van der Waals surface area contributed by atoms with E-state index < -0.39 is 0 Å². The van der Waals surface area contributed by atoms with E-state index in [1.165, 1.54) is 11.1 Å². The number of hydrogen-bond donors (Lipinski definition) is 2. The Kier molecular flexibility index (Phi) is 3.92. The first-order valence-corrected chi connectivity index (χ1v) is 8.31. The molecule has 1 amide bonds. The highest BCUT2D eigenvalue weighted by atomic mass is 16.2. The second-order valence-corrected chi connectivity index (χ2v) is 7.37. The molecule has 0 bridgehead atoms. The van der Waals surface area contributed by atoms with Crippen molar-refractivity contribution >= 4 is 22.9 Å². The minimum absolute atomic E-state index is 0.0492. The molecule has 124 valence electrons. The number of carbonyl (C=O) groups excluding carboxylic acids is 1. The molecular formula is C18H26N4O. The van der Waals surface area contributed by atoms with E-state index in [4.69, 9.17) is 0 Å². The standard InChI is InChI=1S/C18H26N4O/c1-11(2)22-7-6-18(5,10-22)16(23)21-17-19-14-8-12(3)13(4)9-15(14)20-17/h8-9,11H,6-7,10H2,1-5H3,(H2,19,20,21,23). The number of aryl methyl sites for hydroxylation is 2. The van der Waals surface area contributed by atoms with Crippen molar-refractivity contribution in [1.29, 1.82) is 0 Å². The van der Waals surface area contributed by atoms with Gasteiger partial charge in [0, 0.05) is 12.6 Å². The summed E-state index contributed by atoms with van der Waals surface area (Å²) in [7, 11) is 0. The molecule has 2 heterocycles. The Morgan fingerprint density at radius 3 is 2.70 bits per heavy atom. The number of likely N-dealkylation sites (tertiary alicyclic amines) is 1. The third-order valence-corrected chi connectivity index (χ3v) is 5.11. The fourth-order valence-corrected chi connectivity index (χ4v) is 3.21. The van der Waals surface area contributed by atoms with Crippen molar-refractivity contribution < 1.29 is 4.79 Å². The van der Waals surface area contributed by atoms with E-state index in [1.54, 1.807) is 0 Å². The topological polar surface area (TPSA) is 61.0 Å². The van der Waals surface area contributed by atoms with Crippen molar-refractivity contribution in [3.05, 3.63) is 23.3 Å². The van der Waals surface area contributed by atoms with Crippen molar-refractivity contribution in [1.82, 2.24) is 14.9 Å². The van der Waals surface area contributed by atoms with E-state index in [1.807, 2.05) is 6.92 Å². The number of amides is 1. The van der Waals surface area contributed by atoms with Crippen LogP contribution in [0.5, 0.6) is 0 Å². The number of nitrogens with one attached hydrogen (secondary N) is 2. The summed E-state index contributed by atoms with van der Waals surface area (Å²) >= 11 is 0.